The van der Waals surface area contributed by atoms with E-state index >= 15 is 0 Å². The van der Waals surface area contributed by atoms with Crippen LogP contribution in [0.1, 0.15) is 35.2 Å². The fourth-order valence-corrected chi connectivity index (χ4v) is 4.99. The van der Waals surface area contributed by atoms with E-state index in [-0.39, 0.29) is 46.2 Å². The molecule has 4 aromatic rings. The largest absolute Gasteiger partial charge is 0.488 e. The van der Waals surface area contributed by atoms with E-state index in [1.165, 1.54) is 24.5 Å². The summed E-state index contributed by atoms with van der Waals surface area (Å²) >= 11 is 0. The number of ether oxygens (including phenoxy) is 2. The van der Waals surface area contributed by atoms with Gasteiger partial charge in [-0.2, -0.15) is 13.2 Å². The van der Waals surface area contributed by atoms with Gasteiger partial charge < -0.3 is 25.8 Å². The molecule has 2 fully saturated rings. The van der Waals surface area contributed by atoms with E-state index in [2.05, 4.69) is 25.6 Å². The summed E-state index contributed by atoms with van der Waals surface area (Å²) in [4.78, 5) is 25.2. The Morgan fingerprint density at radius 1 is 1.10 bits per heavy atom. The zero-order valence-electron chi connectivity index (χ0n) is 21.9. The number of aromatic nitrogens is 3. The molecule has 2 atom stereocenters. The van der Waals surface area contributed by atoms with Crippen LogP contribution in [-0.4, -0.2) is 39.0 Å². The van der Waals surface area contributed by atoms with Crippen molar-refractivity contribution in [3.8, 4) is 28.6 Å². The lowest BCUT2D eigenvalue weighted by Crippen LogP contribution is -2.29. The van der Waals surface area contributed by atoms with Gasteiger partial charge in [-0.25, -0.2) is 19.3 Å². The number of carbonyl (C=O) groups is 1. The summed E-state index contributed by atoms with van der Waals surface area (Å²) in [5.41, 5.74) is 5.08. The van der Waals surface area contributed by atoms with E-state index in [1.807, 2.05) is 0 Å². The minimum atomic E-state index is -4.67. The van der Waals surface area contributed by atoms with Crippen molar-refractivity contribution < 1.29 is 31.8 Å². The summed E-state index contributed by atoms with van der Waals surface area (Å²) in [5.74, 6) is -1.91. The third-order valence-corrected chi connectivity index (χ3v) is 7.17. The van der Waals surface area contributed by atoms with Crippen molar-refractivity contribution >= 4 is 17.5 Å². The Morgan fingerprint density at radius 2 is 1.95 bits per heavy atom. The first-order chi connectivity index (χ1) is 20.1. The number of halogens is 4. The number of carbonyl (C=O) groups excluding carboxylic acids is 1. The van der Waals surface area contributed by atoms with Crippen LogP contribution in [0.5, 0.6) is 17.4 Å². The van der Waals surface area contributed by atoms with Gasteiger partial charge in [0.1, 0.15) is 11.9 Å². The summed E-state index contributed by atoms with van der Waals surface area (Å²) in [7, 11) is 0. The second-order valence-electron chi connectivity index (χ2n) is 10.1. The molecule has 3 heterocycles. The lowest BCUT2D eigenvalue weighted by molar-refractivity contribution is -0.137. The van der Waals surface area contributed by atoms with Crippen LogP contribution in [0.3, 0.4) is 0 Å². The van der Waals surface area contributed by atoms with Gasteiger partial charge in [-0.05, 0) is 67.9 Å². The smallest absolute Gasteiger partial charge is 0.416 e. The van der Waals surface area contributed by atoms with Crippen LogP contribution in [0.2, 0.25) is 0 Å². The molecule has 2 aromatic heterocycles. The van der Waals surface area contributed by atoms with Crippen molar-refractivity contribution in [2.45, 2.75) is 37.1 Å². The molecule has 0 unspecified atom stereocenters. The molecule has 0 bridgehead atoms. The molecule has 1 saturated heterocycles. The third kappa shape index (κ3) is 5.68. The Kier molecular flexibility index (Phi) is 6.89. The number of alkyl halides is 3. The van der Waals surface area contributed by atoms with E-state index in [1.54, 1.807) is 18.2 Å². The normalized spacial score (nSPS) is 19.5. The molecule has 2 aliphatic rings. The predicted octanol–water partition coefficient (Wildman–Crippen LogP) is 5.60. The lowest BCUT2D eigenvalue weighted by Gasteiger charge is -2.16. The fourth-order valence-electron chi connectivity index (χ4n) is 4.99. The van der Waals surface area contributed by atoms with Gasteiger partial charge in [0.05, 0.1) is 22.4 Å². The Bertz CT molecular complexity index is 1660. The number of amides is 1. The highest BCUT2D eigenvalue weighted by Gasteiger charge is 2.57. The van der Waals surface area contributed by atoms with Gasteiger partial charge in [0.15, 0.2) is 11.6 Å². The van der Waals surface area contributed by atoms with E-state index in [4.69, 9.17) is 15.2 Å². The van der Waals surface area contributed by atoms with Gasteiger partial charge in [-0.15, -0.1) is 0 Å². The van der Waals surface area contributed by atoms with Crippen molar-refractivity contribution in [1.82, 2.24) is 20.3 Å². The molecule has 216 valence electrons. The zero-order chi connectivity index (χ0) is 29.5. The number of hydrogen-bond acceptors (Lipinski definition) is 8. The number of rotatable bonds is 7. The van der Waals surface area contributed by atoms with Crippen LogP contribution in [-0.2, 0) is 6.18 Å². The van der Waals surface area contributed by atoms with Crippen LogP contribution in [0.25, 0.3) is 11.3 Å². The van der Waals surface area contributed by atoms with Crippen molar-refractivity contribution in [3.05, 3.63) is 83.9 Å². The minimum Gasteiger partial charge on any atom is -0.488 e. The van der Waals surface area contributed by atoms with E-state index < -0.39 is 23.5 Å². The maximum atomic E-state index is 14.8. The number of hydrogen-bond donors (Lipinski definition) is 3. The first-order valence-electron chi connectivity index (χ1n) is 13.1. The SMILES string of the molecule is Nc1nccc(-c2cccnc2Oc2cc(C(=O)Nc3cc(O[C@@H]4C[C@@]45CCCN5)cc(C(F)(F)F)c3)ccc2F)n1. The van der Waals surface area contributed by atoms with E-state index in [0.29, 0.717) is 17.7 Å². The fraction of sp³-hybridized carbons (Fsp3) is 0.241. The quantitative estimate of drug-likeness (QED) is 0.242. The van der Waals surface area contributed by atoms with Crippen LogP contribution in [0.15, 0.2) is 67.0 Å². The Hall–Kier alpha value is -4.78. The summed E-state index contributed by atoms with van der Waals surface area (Å²) in [6.45, 7) is 0.837. The highest BCUT2D eigenvalue weighted by atomic mass is 19.4. The second-order valence-corrected chi connectivity index (χ2v) is 10.1. The number of nitrogens with zero attached hydrogens (tertiary/aromatic N) is 3. The Morgan fingerprint density at radius 3 is 2.71 bits per heavy atom. The predicted molar refractivity (Wildman–Crippen MR) is 145 cm³/mol. The molecule has 0 radical (unpaired) electrons. The van der Waals surface area contributed by atoms with Crippen LogP contribution in [0, 0.1) is 5.82 Å². The number of benzene rings is 2. The number of anilines is 2. The minimum absolute atomic E-state index is 0.00753. The number of pyridine rings is 1. The molecule has 13 heteroatoms. The van der Waals surface area contributed by atoms with Crippen molar-refractivity contribution in [1.29, 1.82) is 0 Å². The van der Waals surface area contributed by atoms with Crippen LogP contribution in [0.4, 0.5) is 29.2 Å². The van der Waals surface area contributed by atoms with Crippen LogP contribution >= 0.6 is 0 Å². The van der Waals surface area contributed by atoms with Crippen LogP contribution < -0.4 is 25.8 Å². The summed E-state index contributed by atoms with van der Waals surface area (Å²) in [6.07, 6.45) is 0.518. The first kappa shape index (κ1) is 27.4. The van der Waals surface area contributed by atoms with E-state index in [0.717, 1.165) is 43.7 Å². The van der Waals surface area contributed by atoms with Gasteiger partial charge in [0.2, 0.25) is 11.8 Å². The summed E-state index contributed by atoms with van der Waals surface area (Å²) < 4.78 is 67.4. The molecule has 1 aliphatic heterocycles. The molecule has 42 heavy (non-hydrogen) atoms. The van der Waals surface area contributed by atoms with Crippen molar-refractivity contribution in [3.63, 3.8) is 0 Å². The molecule has 1 spiro atoms. The van der Waals surface area contributed by atoms with Gasteiger partial charge in [-0.1, -0.05) is 0 Å². The Balaban J connectivity index is 1.24. The van der Waals surface area contributed by atoms with Crippen molar-refractivity contribution in [2.75, 3.05) is 17.6 Å². The average molecular weight is 581 g/mol. The molecule has 1 saturated carbocycles. The highest BCUT2D eigenvalue weighted by molar-refractivity contribution is 6.04. The molecule has 2 aromatic carbocycles. The standard InChI is InChI=1S/C29H24F4N6O3/c30-21-5-4-16(11-23(21)42-26-20(3-1-8-35-26)22-6-10-36-27(34)39-22)25(40)38-18-12-17(29(31,32)33)13-19(14-18)41-24-15-28(24)7-2-9-37-28/h1,3-6,8,10-14,24,37H,2,7,9,15H2,(H,38,40)(H2,34,36,39)/t24-,28+/m1/s1. The third-order valence-electron chi connectivity index (χ3n) is 7.17. The van der Waals surface area contributed by atoms with Gasteiger partial charge in [-0.3, -0.25) is 4.79 Å². The van der Waals surface area contributed by atoms with E-state index in [9.17, 15) is 22.4 Å². The zero-order valence-corrected chi connectivity index (χ0v) is 21.9. The lowest BCUT2D eigenvalue weighted by atomic mass is 10.1. The summed E-state index contributed by atoms with van der Waals surface area (Å²) in [6, 6.07) is 11.2. The van der Waals surface area contributed by atoms with Crippen molar-refractivity contribution in [2.24, 2.45) is 0 Å². The number of nitrogens with one attached hydrogen (secondary N) is 2. The molecular weight excluding hydrogens is 556 g/mol. The maximum absolute atomic E-state index is 14.8. The Labute approximate surface area is 237 Å². The van der Waals surface area contributed by atoms with Gasteiger partial charge in [0, 0.05) is 36.1 Å². The molecule has 1 aliphatic carbocycles. The molecule has 6 rings (SSSR count). The average Bonchev–Trinajstić information content (AvgIpc) is 3.38. The maximum Gasteiger partial charge on any atom is 0.416 e. The highest BCUT2D eigenvalue weighted by Crippen LogP contribution is 2.46. The monoisotopic (exact) mass is 580 g/mol. The topological polar surface area (TPSA) is 124 Å². The molecular formula is C29H24F4N6O3. The summed E-state index contributed by atoms with van der Waals surface area (Å²) in [5, 5.41) is 5.82. The van der Waals surface area contributed by atoms with Gasteiger partial charge >= 0.3 is 6.18 Å². The second kappa shape index (κ2) is 10.6. The molecule has 1 amide bonds. The number of nitrogens with two attached hydrogens (primary N) is 1. The molecule has 4 N–H and O–H groups in total. The van der Waals surface area contributed by atoms with Gasteiger partial charge in [0.25, 0.3) is 5.91 Å². The molecule has 9 nitrogen and oxygen atoms in total. The number of nitrogen functional groups attached to an aromatic ring is 1. The first-order valence-corrected chi connectivity index (χ1v) is 13.1.